The second-order valence-electron chi connectivity index (χ2n) is 4.53. The molecule has 1 saturated heterocycles. The molecular formula is C12H17NO4. The normalized spacial score (nSPS) is 26.0. The number of carboxylic acids is 1. The van der Waals surface area contributed by atoms with Crippen LogP contribution in [0.4, 0.5) is 0 Å². The number of carbonyl (C=O) groups is 1. The van der Waals surface area contributed by atoms with Crippen molar-refractivity contribution in [3.63, 3.8) is 0 Å². The van der Waals surface area contributed by atoms with E-state index in [9.17, 15) is 4.79 Å². The summed E-state index contributed by atoms with van der Waals surface area (Å²) in [6, 6.07) is 1.72. The van der Waals surface area contributed by atoms with Crippen LogP contribution in [-0.2, 0) is 11.3 Å². The predicted molar refractivity (Wildman–Crippen MR) is 61.0 cm³/mol. The lowest BCUT2D eigenvalue weighted by atomic mass is 10.2. The standard InChI is InChI=1S/C12H17NO4/c1-8-5-13(6-9(2)17-8)7-10-3-4-16-11(10)12(14)15/h3-4,8-9H,5-7H2,1-2H3,(H,14,15). The third kappa shape index (κ3) is 2.87. The van der Waals surface area contributed by atoms with E-state index in [2.05, 4.69) is 4.90 Å². The maximum Gasteiger partial charge on any atom is 0.372 e. The monoisotopic (exact) mass is 239 g/mol. The highest BCUT2D eigenvalue weighted by atomic mass is 16.5. The molecule has 0 spiro atoms. The van der Waals surface area contributed by atoms with Crippen LogP contribution in [0.3, 0.4) is 0 Å². The highest BCUT2D eigenvalue weighted by molar-refractivity contribution is 5.86. The maximum atomic E-state index is 10.9. The summed E-state index contributed by atoms with van der Waals surface area (Å²) in [5.74, 6) is -0.976. The number of rotatable bonds is 3. The third-order valence-electron chi connectivity index (χ3n) is 2.83. The smallest absolute Gasteiger partial charge is 0.372 e. The lowest BCUT2D eigenvalue weighted by Crippen LogP contribution is -2.44. The Bertz CT molecular complexity index is 391. The maximum absolute atomic E-state index is 10.9. The van der Waals surface area contributed by atoms with Crippen molar-refractivity contribution in [2.75, 3.05) is 13.1 Å². The predicted octanol–water partition coefficient (Wildman–Crippen LogP) is 1.59. The van der Waals surface area contributed by atoms with Crippen LogP contribution in [0.2, 0.25) is 0 Å². The third-order valence-corrected chi connectivity index (χ3v) is 2.83. The molecule has 1 aliphatic heterocycles. The molecule has 1 aliphatic rings. The molecule has 17 heavy (non-hydrogen) atoms. The lowest BCUT2D eigenvalue weighted by molar-refractivity contribution is -0.0705. The number of hydrogen-bond donors (Lipinski definition) is 1. The van der Waals surface area contributed by atoms with Crippen molar-refractivity contribution in [2.45, 2.75) is 32.6 Å². The van der Waals surface area contributed by atoms with Gasteiger partial charge in [0.1, 0.15) is 0 Å². The van der Waals surface area contributed by atoms with Gasteiger partial charge in [-0.05, 0) is 19.9 Å². The van der Waals surface area contributed by atoms with Gasteiger partial charge in [0.25, 0.3) is 0 Å². The lowest BCUT2D eigenvalue weighted by Gasteiger charge is -2.35. The highest BCUT2D eigenvalue weighted by Crippen LogP contribution is 2.17. The number of morpholine rings is 1. The fourth-order valence-corrected chi connectivity index (χ4v) is 2.30. The van der Waals surface area contributed by atoms with Crippen LogP contribution in [0.5, 0.6) is 0 Å². The van der Waals surface area contributed by atoms with Gasteiger partial charge in [0.2, 0.25) is 5.76 Å². The Balaban J connectivity index is 2.05. The van der Waals surface area contributed by atoms with Crippen LogP contribution in [0.25, 0.3) is 0 Å². The fraction of sp³-hybridized carbons (Fsp3) is 0.583. The zero-order valence-corrected chi connectivity index (χ0v) is 10.0. The summed E-state index contributed by atoms with van der Waals surface area (Å²) in [6.07, 6.45) is 1.78. The second-order valence-corrected chi connectivity index (χ2v) is 4.53. The molecule has 0 saturated carbocycles. The molecule has 5 nitrogen and oxygen atoms in total. The zero-order valence-electron chi connectivity index (χ0n) is 10.0. The molecule has 0 amide bonds. The average molecular weight is 239 g/mol. The van der Waals surface area contributed by atoms with Gasteiger partial charge in [-0.3, -0.25) is 4.90 Å². The van der Waals surface area contributed by atoms with Crippen LogP contribution in [0.1, 0.15) is 30.0 Å². The molecule has 0 bridgehead atoms. The van der Waals surface area contributed by atoms with Gasteiger partial charge in [-0.25, -0.2) is 4.79 Å². The van der Waals surface area contributed by atoms with Crippen molar-refractivity contribution in [1.29, 1.82) is 0 Å². The van der Waals surface area contributed by atoms with E-state index in [0.717, 1.165) is 18.7 Å². The first-order chi connectivity index (χ1) is 8.06. The molecule has 1 fully saturated rings. The molecule has 0 aromatic carbocycles. The van der Waals surface area contributed by atoms with E-state index < -0.39 is 5.97 Å². The summed E-state index contributed by atoms with van der Waals surface area (Å²) >= 11 is 0. The SMILES string of the molecule is CC1CN(Cc2ccoc2C(=O)O)CC(C)O1. The van der Waals surface area contributed by atoms with Gasteiger partial charge in [-0.15, -0.1) is 0 Å². The topological polar surface area (TPSA) is 62.9 Å². The number of aromatic carboxylic acids is 1. The fourth-order valence-electron chi connectivity index (χ4n) is 2.30. The molecule has 1 aromatic rings. The first-order valence-corrected chi connectivity index (χ1v) is 5.73. The second kappa shape index (κ2) is 4.89. The summed E-state index contributed by atoms with van der Waals surface area (Å²) in [7, 11) is 0. The minimum absolute atomic E-state index is 0.0387. The Morgan fingerprint density at radius 1 is 1.47 bits per heavy atom. The molecule has 2 heterocycles. The first kappa shape index (κ1) is 12.1. The van der Waals surface area contributed by atoms with E-state index in [-0.39, 0.29) is 18.0 Å². The quantitative estimate of drug-likeness (QED) is 0.867. The van der Waals surface area contributed by atoms with Crippen LogP contribution >= 0.6 is 0 Å². The van der Waals surface area contributed by atoms with Crippen molar-refractivity contribution in [3.05, 3.63) is 23.7 Å². The summed E-state index contributed by atoms with van der Waals surface area (Å²) in [5.41, 5.74) is 0.721. The van der Waals surface area contributed by atoms with Gasteiger partial charge in [-0.1, -0.05) is 0 Å². The van der Waals surface area contributed by atoms with E-state index in [0.29, 0.717) is 6.54 Å². The number of nitrogens with zero attached hydrogens (tertiary/aromatic N) is 1. The molecule has 2 rings (SSSR count). The molecule has 0 aliphatic carbocycles. The van der Waals surface area contributed by atoms with E-state index >= 15 is 0 Å². The summed E-state index contributed by atoms with van der Waals surface area (Å²) < 4.78 is 10.6. The largest absolute Gasteiger partial charge is 0.475 e. The molecule has 2 atom stereocenters. The number of ether oxygens (including phenoxy) is 1. The van der Waals surface area contributed by atoms with Gasteiger partial charge in [0, 0.05) is 25.2 Å². The Morgan fingerprint density at radius 3 is 2.71 bits per heavy atom. The van der Waals surface area contributed by atoms with Crippen molar-refractivity contribution in [3.8, 4) is 0 Å². The van der Waals surface area contributed by atoms with Crippen molar-refractivity contribution >= 4 is 5.97 Å². The number of hydrogen-bond acceptors (Lipinski definition) is 4. The molecule has 2 unspecified atom stereocenters. The Morgan fingerprint density at radius 2 is 2.12 bits per heavy atom. The molecule has 1 N–H and O–H groups in total. The van der Waals surface area contributed by atoms with Gasteiger partial charge in [0.05, 0.1) is 18.5 Å². The summed E-state index contributed by atoms with van der Waals surface area (Å²) in [5, 5.41) is 8.95. The van der Waals surface area contributed by atoms with Gasteiger partial charge >= 0.3 is 5.97 Å². The molecule has 0 radical (unpaired) electrons. The van der Waals surface area contributed by atoms with Crippen LogP contribution in [0, 0.1) is 0 Å². The zero-order chi connectivity index (χ0) is 12.4. The first-order valence-electron chi connectivity index (χ1n) is 5.73. The van der Waals surface area contributed by atoms with Crippen molar-refractivity contribution in [1.82, 2.24) is 4.90 Å². The Kier molecular flexibility index (Phi) is 3.49. The van der Waals surface area contributed by atoms with E-state index in [1.165, 1.54) is 6.26 Å². The molecule has 5 heteroatoms. The van der Waals surface area contributed by atoms with E-state index in [4.69, 9.17) is 14.3 Å². The highest BCUT2D eigenvalue weighted by Gasteiger charge is 2.24. The van der Waals surface area contributed by atoms with Crippen molar-refractivity contribution in [2.24, 2.45) is 0 Å². The average Bonchev–Trinajstić information content (AvgIpc) is 2.63. The van der Waals surface area contributed by atoms with Crippen molar-refractivity contribution < 1.29 is 19.1 Å². The van der Waals surface area contributed by atoms with Crippen LogP contribution < -0.4 is 0 Å². The summed E-state index contributed by atoms with van der Waals surface area (Å²) in [4.78, 5) is 13.1. The summed E-state index contributed by atoms with van der Waals surface area (Å²) in [6.45, 7) is 6.27. The Labute approximate surface area is 100.0 Å². The van der Waals surface area contributed by atoms with Crippen LogP contribution in [-0.4, -0.2) is 41.3 Å². The van der Waals surface area contributed by atoms with Gasteiger partial charge < -0.3 is 14.3 Å². The van der Waals surface area contributed by atoms with Crippen LogP contribution in [0.15, 0.2) is 16.7 Å². The van der Waals surface area contributed by atoms with Gasteiger partial charge in [0.15, 0.2) is 0 Å². The van der Waals surface area contributed by atoms with E-state index in [1.54, 1.807) is 6.07 Å². The molecule has 94 valence electrons. The number of furan rings is 1. The number of carboxylic acid groups (broad SMARTS) is 1. The molecular weight excluding hydrogens is 222 g/mol. The van der Waals surface area contributed by atoms with E-state index in [1.807, 2.05) is 13.8 Å². The minimum Gasteiger partial charge on any atom is -0.475 e. The molecule has 1 aromatic heterocycles. The minimum atomic E-state index is -1.01. The van der Waals surface area contributed by atoms with Gasteiger partial charge in [-0.2, -0.15) is 0 Å². The Hall–Kier alpha value is -1.33.